The summed E-state index contributed by atoms with van der Waals surface area (Å²) in [6.07, 6.45) is 10.4. The number of hydrogen-bond acceptors (Lipinski definition) is 0. The number of rotatable bonds is 0. The van der Waals surface area contributed by atoms with E-state index < -0.39 is 0 Å². The summed E-state index contributed by atoms with van der Waals surface area (Å²) in [6, 6.07) is 0. The van der Waals surface area contributed by atoms with Crippen LogP contribution in [0.25, 0.3) is 0 Å². The third kappa shape index (κ3) is 1.11. The van der Waals surface area contributed by atoms with E-state index in [0.717, 1.165) is 0 Å². The zero-order valence-corrected chi connectivity index (χ0v) is 3.33. The van der Waals surface area contributed by atoms with Gasteiger partial charge in [-0.05, 0) is 0 Å². The SMILES string of the molecule is [BH3-][N+]1=C[CH][CH+]C=C1. The highest BCUT2D eigenvalue weighted by atomic mass is 14.9. The Morgan fingerprint density at radius 1 is 1.57 bits per heavy atom. The third-order valence-electron chi connectivity index (χ3n) is 0.566. The lowest BCUT2D eigenvalue weighted by atomic mass is 10.2. The average molecular weight is 92.9 g/mol. The van der Waals surface area contributed by atoms with Crippen LogP contribution in [0.3, 0.4) is 0 Å². The maximum atomic E-state index is 2.25. The van der Waals surface area contributed by atoms with Gasteiger partial charge in [-0.1, -0.05) is 0 Å². The van der Waals surface area contributed by atoms with Crippen molar-refractivity contribution >= 4 is 14.2 Å². The summed E-state index contributed by atoms with van der Waals surface area (Å²) in [5.74, 6) is 0. The molecule has 0 aromatic rings. The molecule has 0 aromatic heterocycles. The molecule has 0 saturated heterocycles. The highest BCUT2D eigenvalue weighted by Crippen LogP contribution is 1.89. The molecule has 1 heterocycles. The van der Waals surface area contributed by atoms with Crippen molar-refractivity contribution in [3.8, 4) is 0 Å². The van der Waals surface area contributed by atoms with Gasteiger partial charge < -0.3 is 4.49 Å². The van der Waals surface area contributed by atoms with E-state index >= 15 is 0 Å². The van der Waals surface area contributed by atoms with Gasteiger partial charge in [-0.15, -0.1) is 0 Å². The summed E-state index contributed by atoms with van der Waals surface area (Å²) < 4.78 is 2.25. The summed E-state index contributed by atoms with van der Waals surface area (Å²) in [5.41, 5.74) is 0. The molecule has 2 heteroatoms. The fraction of sp³-hybridized carbons (Fsp3) is 0. The van der Waals surface area contributed by atoms with Crippen LogP contribution in [0, 0.1) is 12.8 Å². The standard InChI is InChI=1S/C5H8BN/c6-7-4-2-1-3-5-7/h1-5H,6H3/q+1. The summed E-state index contributed by atoms with van der Waals surface area (Å²) in [5, 5.41) is 0. The minimum absolute atomic E-state index is 0.363. The molecule has 0 aliphatic carbocycles. The van der Waals surface area contributed by atoms with Crippen LogP contribution in [0.1, 0.15) is 0 Å². The summed E-state index contributed by atoms with van der Waals surface area (Å²) >= 11 is 0. The van der Waals surface area contributed by atoms with Gasteiger partial charge in [-0.2, -0.15) is 0 Å². The minimum Gasteiger partial charge on any atom is -0.353 e. The molecule has 0 saturated carbocycles. The molecule has 0 N–H and O–H groups in total. The quantitative estimate of drug-likeness (QED) is 0.275. The molecule has 1 radical (unpaired) electrons. The Morgan fingerprint density at radius 3 is 2.71 bits per heavy atom. The normalized spacial score (nSPS) is 18.1. The third-order valence-corrected chi connectivity index (χ3v) is 0.566. The van der Waals surface area contributed by atoms with Crippen LogP contribution >= 0.6 is 0 Å². The van der Waals surface area contributed by atoms with Gasteiger partial charge in [-0.3, -0.25) is 0 Å². The first-order chi connectivity index (χ1) is 3.39. The molecule has 0 fully saturated rings. The molecule has 0 bridgehead atoms. The van der Waals surface area contributed by atoms with Crippen molar-refractivity contribution < 1.29 is 4.49 Å². The van der Waals surface area contributed by atoms with Crippen LogP contribution < -0.4 is 0 Å². The van der Waals surface area contributed by atoms with Crippen LogP contribution in [0.2, 0.25) is 0 Å². The Kier molecular flexibility index (Phi) is 1.20. The molecular weight excluding hydrogens is 84.9 g/mol. The van der Waals surface area contributed by atoms with Gasteiger partial charge in [0.2, 0.25) is 6.20 Å². The topological polar surface area (TPSA) is 3.01 Å². The zero-order chi connectivity index (χ0) is 5.11. The van der Waals surface area contributed by atoms with Crippen LogP contribution in [-0.4, -0.2) is 18.7 Å². The molecule has 0 unspecified atom stereocenters. The Bertz CT molecular complexity index is 115. The van der Waals surface area contributed by atoms with Crippen molar-refractivity contribution in [3.05, 3.63) is 25.1 Å². The van der Waals surface area contributed by atoms with E-state index in [0.29, 0.717) is 7.98 Å². The molecule has 0 spiro atoms. The van der Waals surface area contributed by atoms with Gasteiger partial charge in [0.05, 0.1) is 6.42 Å². The minimum atomic E-state index is 0.363. The maximum absolute atomic E-state index is 2.25. The molecule has 1 aliphatic rings. The molecule has 7 heavy (non-hydrogen) atoms. The monoisotopic (exact) mass is 93.1 g/mol. The van der Waals surface area contributed by atoms with E-state index in [1.165, 1.54) is 0 Å². The van der Waals surface area contributed by atoms with E-state index in [1.807, 2.05) is 6.42 Å². The molecule has 1 rings (SSSR count). The fourth-order valence-corrected chi connectivity index (χ4v) is 0.313. The lowest BCUT2D eigenvalue weighted by Crippen LogP contribution is -2.03. The second-order valence-corrected chi connectivity index (χ2v) is 1.02. The molecular formula is C5H8BN+. The van der Waals surface area contributed by atoms with Gasteiger partial charge >= 0.3 is 0 Å². The summed E-state index contributed by atoms with van der Waals surface area (Å²) in [4.78, 5) is 0. The second kappa shape index (κ2) is 1.87. The molecule has 0 aromatic carbocycles. The van der Waals surface area contributed by atoms with Gasteiger partial charge in [0.1, 0.15) is 12.6 Å². The highest BCUT2D eigenvalue weighted by Gasteiger charge is 1.98. The van der Waals surface area contributed by atoms with E-state index in [9.17, 15) is 0 Å². The zero-order valence-electron chi connectivity index (χ0n) is 3.33. The largest absolute Gasteiger partial charge is 0.353 e. The maximum Gasteiger partial charge on any atom is 0.260 e. The van der Waals surface area contributed by atoms with E-state index in [2.05, 4.69) is 29.4 Å². The van der Waals surface area contributed by atoms with E-state index in [-0.39, 0.29) is 0 Å². The number of hydrogen-bond donors (Lipinski definition) is 0. The van der Waals surface area contributed by atoms with Crippen molar-refractivity contribution in [1.82, 2.24) is 0 Å². The van der Waals surface area contributed by atoms with Crippen molar-refractivity contribution in [3.63, 3.8) is 0 Å². The van der Waals surface area contributed by atoms with Gasteiger partial charge in [0.15, 0.2) is 6.08 Å². The predicted octanol–water partition coefficient (Wildman–Crippen LogP) is -0.714. The molecule has 0 atom stereocenters. The lowest BCUT2D eigenvalue weighted by molar-refractivity contribution is -0.281. The van der Waals surface area contributed by atoms with Crippen molar-refractivity contribution in [2.45, 2.75) is 0 Å². The van der Waals surface area contributed by atoms with Gasteiger partial charge in [-0.25, -0.2) is 0 Å². The van der Waals surface area contributed by atoms with Gasteiger partial charge in [0.25, 0.3) is 7.98 Å². The molecule has 1 aliphatic heterocycles. The molecule has 0 amide bonds. The van der Waals surface area contributed by atoms with E-state index in [4.69, 9.17) is 0 Å². The van der Waals surface area contributed by atoms with E-state index in [1.54, 1.807) is 0 Å². The fourth-order valence-electron chi connectivity index (χ4n) is 0.313. The van der Waals surface area contributed by atoms with Crippen molar-refractivity contribution in [2.75, 3.05) is 0 Å². The molecule has 35 valence electrons. The second-order valence-electron chi connectivity index (χ2n) is 1.02. The average Bonchev–Trinajstić information content (AvgIpc) is 1.69. The lowest BCUT2D eigenvalue weighted by Gasteiger charge is -1.89. The summed E-state index contributed by atoms with van der Waals surface area (Å²) in [7, 11) is 0.363. The smallest absolute Gasteiger partial charge is 0.260 e. The van der Waals surface area contributed by atoms with Crippen LogP contribution in [0.4, 0.5) is 0 Å². The highest BCUT2D eigenvalue weighted by molar-refractivity contribution is 5.99. The first-order valence-electron chi connectivity index (χ1n) is 1.85. The Balaban J connectivity index is 2.58. The number of nitrogens with zero attached hydrogens (tertiary/aromatic N) is 1. The molecule has 1 nitrogen and oxygen atoms in total. The van der Waals surface area contributed by atoms with Crippen molar-refractivity contribution in [1.29, 1.82) is 0 Å². The van der Waals surface area contributed by atoms with Crippen LogP contribution in [-0.2, 0) is 0 Å². The Morgan fingerprint density at radius 2 is 2.43 bits per heavy atom. The van der Waals surface area contributed by atoms with Crippen LogP contribution in [0.15, 0.2) is 12.3 Å². The van der Waals surface area contributed by atoms with Crippen molar-refractivity contribution in [2.24, 2.45) is 0 Å². The first-order valence-corrected chi connectivity index (χ1v) is 1.85. The predicted molar refractivity (Wildman–Crippen MR) is 34.0 cm³/mol. The summed E-state index contributed by atoms with van der Waals surface area (Å²) in [6.45, 7) is 0. The Hall–Kier alpha value is -0.655. The first kappa shape index (κ1) is 4.50. The number of allylic oxidation sites excluding steroid dienone is 1. The Labute approximate surface area is 44.8 Å². The van der Waals surface area contributed by atoms with Crippen LogP contribution in [0.5, 0.6) is 0 Å². The van der Waals surface area contributed by atoms with Gasteiger partial charge in [0, 0.05) is 0 Å².